The Morgan fingerprint density at radius 1 is 1.06 bits per heavy atom. The Balaban J connectivity index is 1.50. The third kappa shape index (κ3) is 6.57. The zero-order valence-electron chi connectivity index (χ0n) is 18.7. The molecule has 0 radical (unpaired) electrons. The number of benzene rings is 2. The number of piperazine rings is 1. The first-order chi connectivity index (χ1) is 15.7. The van der Waals surface area contributed by atoms with E-state index in [1.807, 2.05) is 11.0 Å². The molecule has 1 saturated heterocycles. The summed E-state index contributed by atoms with van der Waals surface area (Å²) in [7, 11) is -1.04. The van der Waals surface area contributed by atoms with Gasteiger partial charge < -0.3 is 10.2 Å². The van der Waals surface area contributed by atoms with Crippen LogP contribution in [0.4, 0.5) is 15.8 Å². The number of nitrogens with zero attached hydrogens (tertiary/aromatic N) is 4. The Bertz CT molecular complexity index is 1040. The standard InChI is InChI=1S/C22H29ClFN5O3S/c1-26(2)33(31,32)29(19-9-7-18(23)8-10-19)17-22(30)25-11-12-27-13-15-28(16-14-27)21-6-4-3-5-20(21)24/h3-10H,11-17H2,1-2H3,(H,25,30). The van der Waals surface area contributed by atoms with Crippen molar-refractivity contribution in [2.75, 3.05) is 69.1 Å². The van der Waals surface area contributed by atoms with Crippen LogP contribution >= 0.6 is 11.6 Å². The Kier molecular flexibility index (Phi) is 8.52. The highest BCUT2D eigenvalue weighted by molar-refractivity contribution is 7.90. The molecule has 0 aromatic heterocycles. The van der Waals surface area contributed by atoms with Gasteiger partial charge in [-0.15, -0.1) is 0 Å². The van der Waals surface area contributed by atoms with Crippen molar-refractivity contribution in [1.82, 2.24) is 14.5 Å². The molecule has 1 N–H and O–H groups in total. The van der Waals surface area contributed by atoms with Gasteiger partial charge in [-0.05, 0) is 36.4 Å². The fraction of sp³-hybridized carbons (Fsp3) is 0.409. The molecule has 33 heavy (non-hydrogen) atoms. The van der Waals surface area contributed by atoms with E-state index in [1.165, 1.54) is 20.2 Å². The SMILES string of the molecule is CN(C)S(=O)(=O)N(CC(=O)NCCN1CCN(c2ccccc2F)CC1)c1ccc(Cl)cc1. The van der Waals surface area contributed by atoms with E-state index in [4.69, 9.17) is 11.6 Å². The summed E-state index contributed by atoms with van der Waals surface area (Å²) in [6, 6.07) is 13.0. The monoisotopic (exact) mass is 497 g/mol. The van der Waals surface area contributed by atoms with Crippen molar-refractivity contribution in [2.45, 2.75) is 0 Å². The summed E-state index contributed by atoms with van der Waals surface area (Å²) in [5.74, 6) is -0.628. The molecule has 3 rings (SSSR count). The van der Waals surface area contributed by atoms with E-state index in [-0.39, 0.29) is 12.4 Å². The highest BCUT2D eigenvalue weighted by Crippen LogP contribution is 2.22. The van der Waals surface area contributed by atoms with Gasteiger partial charge in [-0.1, -0.05) is 23.7 Å². The molecule has 1 aliphatic rings. The van der Waals surface area contributed by atoms with E-state index < -0.39 is 16.1 Å². The van der Waals surface area contributed by atoms with E-state index in [2.05, 4.69) is 10.2 Å². The van der Waals surface area contributed by atoms with E-state index >= 15 is 0 Å². The average molecular weight is 498 g/mol. The van der Waals surface area contributed by atoms with E-state index in [0.29, 0.717) is 42.6 Å². The van der Waals surface area contributed by atoms with E-state index in [9.17, 15) is 17.6 Å². The minimum Gasteiger partial charge on any atom is -0.367 e. The highest BCUT2D eigenvalue weighted by Gasteiger charge is 2.27. The van der Waals surface area contributed by atoms with Gasteiger partial charge in [0.25, 0.3) is 0 Å². The maximum Gasteiger partial charge on any atom is 0.304 e. The minimum atomic E-state index is -3.87. The maximum absolute atomic E-state index is 14.0. The van der Waals surface area contributed by atoms with Crippen molar-refractivity contribution >= 4 is 39.1 Å². The second kappa shape index (κ2) is 11.1. The second-order valence-corrected chi connectivity index (χ2v) is 10.4. The number of para-hydroxylation sites is 1. The number of halogens is 2. The Labute approximate surface area is 199 Å². The predicted octanol–water partition coefficient (Wildman–Crippen LogP) is 2.03. The fourth-order valence-electron chi connectivity index (χ4n) is 3.57. The lowest BCUT2D eigenvalue weighted by Crippen LogP contribution is -2.50. The lowest BCUT2D eigenvalue weighted by molar-refractivity contribution is -0.119. The van der Waals surface area contributed by atoms with Crippen LogP contribution in [0, 0.1) is 5.82 Å². The number of hydrogen-bond acceptors (Lipinski definition) is 5. The van der Waals surface area contributed by atoms with Crippen LogP contribution in [0.2, 0.25) is 5.02 Å². The van der Waals surface area contributed by atoms with E-state index in [1.54, 1.807) is 36.4 Å². The van der Waals surface area contributed by atoms with Crippen LogP contribution in [0.1, 0.15) is 0 Å². The lowest BCUT2D eigenvalue weighted by atomic mass is 10.2. The molecule has 1 heterocycles. The lowest BCUT2D eigenvalue weighted by Gasteiger charge is -2.36. The van der Waals surface area contributed by atoms with Gasteiger partial charge in [-0.3, -0.25) is 9.69 Å². The summed E-state index contributed by atoms with van der Waals surface area (Å²) in [6.07, 6.45) is 0. The zero-order chi connectivity index (χ0) is 24.0. The van der Waals surface area contributed by atoms with Crippen LogP contribution in [0.5, 0.6) is 0 Å². The Morgan fingerprint density at radius 3 is 2.30 bits per heavy atom. The molecule has 1 fully saturated rings. The number of hydrogen-bond donors (Lipinski definition) is 1. The van der Waals surface area contributed by atoms with Crippen LogP contribution < -0.4 is 14.5 Å². The fourth-order valence-corrected chi connectivity index (χ4v) is 4.76. The second-order valence-electron chi connectivity index (χ2n) is 7.90. The maximum atomic E-state index is 14.0. The van der Waals surface area contributed by atoms with Gasteiger partial charge in [0.1, 0.15) is 12.4 Å². The third-order valence-corrected chi connectivity index (χ3v) is 7.53. The number of nitrogens with one attached hydrogen (secondary N) is 1. The van der Waals surface area contributed by atoms with Crippen LogP contribution in [0.25, 0.3) is 0 Å². The van der Waals surface area contributed by atoms with Gasteiger partial charge in [0, 0.05) is 58.4 Å². The molecule has 0 spiro atoms. The van der Waals surface area contributed by atoms with Crippen molar-refractivity contribution in [1.29, 1.82) is 0 Å². The average Bonchev–Trinajstić information content (AvgIpc) is 2.79. The zero-order valence-corrected chi connectivity index (χ0v) is 20.3. The first-order valence-corrected chi connectivity index (χ1v) is 12.4. The molecule has 2 aromatic rings. The molecule has 8 nitrogen and oxygen atoms in total. The number of anilines is 2. The van der Waals surface area contributed by atoms with Gasteiger partial charge in [-0.25, -0.2) is 8.70 Å². The molecule has 0 unspecified atom stereocenters. The molecule has 1 amide bonds. The van der Waals surface area contributed by atoms with Crippen LogP contribution in [0.3, 0.4) is 0 Å². The van der Waals surface area contributed by atoms with Crippen molar-refractivity contribution in [2.24, 2.45) is 0 Å². The molecule has 0 bridgehead atoms. The van der Waals surface area contributed by atoms with Crippen LogP contribution in [-0.2, 0) is 15.0 Å². The molecule has 180 valence electrons. The summed E-state index contributed by atoms with van der Waals surface area (Å²) in [5.41, 5.74) is 0.961. The number of carbonyl (C=O) groups is 1. The first kappa shape index (κ1) is 25.2. The molecule has 2 aromatic carbocycles. The Morgan fingerprint density at radius 2 is 1.70 bits per heavy atom. The largest absolute Gasteiger partial charge is 0.367 e. The molecular formula is C22H29ClFN5O3S. The van der Waals surface area contributed by atoms with Gasteiger partial charge in [0.15, 0.2) is 0 Å². The summed E-state index contributed by atoms with van der Waals surface area (Å²) in [5, 5.41) is 3.27. The summed E-state index contributed by atoms with van der Waals surface area (Å²) in [4.78, 5) is 16.7. The first-order valence-electron chi connectivity index (χ1n) is 10.6. The quantitative estimate of drug-likeness (QED) is 0.573. The van der Waals surface area contributed by atoms with Crippen LogP contribution in [-0.4, -0.2) is 83.4 Å². The van der Waals surface area contributed by atoms with Gasteiger partial charge in [-0.2, -0.15) is 12.7 Å². The van der Waals surface area contributed by atoms with Gasteiger partial charge in [0.2, 0.25) is 5.91 Å². The normalized spacial score (nSPS) is 15.0. The molecule has 0 atom stereocenters. The molecule has 1 aliphatic heterocycles. The van der Waals surface area contributed by atoms with Crippen molar-refractivity contribution in [3.05, 3.63) is 59.4 Å². The third-order valence-electron chi connectivity index (χ3n) is 5.46. The molecular weight excluding hydrogens is 469 g/mol. The topological polar surface area (TPSA) is 76.2 Å². The van der Waals surface area contributed by atoms with Crippen molar-refractivity contribution in [3.8, 4) is 0 Å². The number of carbonyl (C=O) groups excluding carboxylic acids is 1. The van der Waals surface area contributed by atoms with Gasteiger partial charge in [0.05, 0.1) is 11.4 Å². The minimum absolute atomic E-state index is 0.226. The molecule has 0 saturated carbocycles. The highest BCUT2D eigenvalue weighted by atomic mass is 35.5. The van der Waals surface area contributed by atoms with Crippen molar-refractivity contribution < 1.29 is 17.6 Å². The van der Waals surface area contributed by atoms with E-state index in [0.717, 1.165) is 21.7 Å². The van der Waals surface area contributed by atoms with Crippen molar-refractivity contribution in [3.63, 3.8) is 0 Å². The predicted molar refractivity (Wildman–Crippen MR) is 129 cm³/mol. The Hall–Kier alpha value is -2.40. The molecule has 0 aliphatic carbocycles. The summed E-state index contributed by atoms with van der Waals surface area (Å²) in [6.45, 7) is 3.54. The number of amides is 1. The summed E-state index contributed by atoms with van der Waals surface area (Å²) >= 11 is 5.91. The van der Waals surface area contributed by atoms with Gasteiger partial charge >= 0.3 is 10.2 Å². The summed E-state index contributed by atoms with van der Waals surface area (Å²) < 4.78 is 41.6. The van der Waals surface area contributed by atoms with Crippen LogP contribution in [0.15, 0.2) is 48.5 Å². The smallest absolute Gasteiger partial charge is 0.304 e. The molecule has 11 heteroatoms. The number of rotatable bonds is 9.